The molecule has 0 aromatic rings. The van der Waals surface area contributed by atoms with E-state index in [9.17, 15) is 14.7 Å². The molecular weight excluding hydrogens is 236 g/mol. The van der Waals surface area contributed by atoms with Crippen molar-refractivity contribution in [3.8, 4) is 0 Å². The number of rotatable bonds is 3. The Morgan fingerprint density at radius 1 is 1.50 bits per heavy atom. The molecule has 0 saturated carbocycles. The van der Waals surface area contributed by atoms with Gasteiger partial charge in [0.05, 0.1) is 18.1 Å². The van der Waals surface area contributed by atoms with E-state index in [1.807, 2.05) is 0 Å². The highest BCUT2D eigenvalue weighted by molar-refractivity contribution is 5.76. The first kappa shape index (κ1) is 14.8. The van der Waals surface area contributed by atoms with Gasteiger partial charge < -0.3 is 20.0 Å². The van der Waals surface area contributed by atoms with Crippen LogP contribution >= 0.6 is 0 Å². The minimum absolute atomic E-state index is 0.173. The van der Waals surface area contributed by atoms with Gasteiger partial charge >= 0.3 is 12.0 Å². The van der Waals surface area contributed by atoms with Crippen LogP contribution in [0.4, 0.5) is 4.79 Å². The van der Waals surface area contributed by atoms with Crippen molar-refractivity contribution in [2.75, 3.05) is 26.7 Å². The first-order chi connectivity index (χ1) is 8.23. The first-order valence-electron chi connectivity index (χ1n) is 6.18. The van der Waals surface area contributed by atoms with Gasteiger partial charge in [-0.05, 0) is 19.8 Å². The molecule has 18 heavy (non-hydrogen) atoms. The lowest BCUT2D eigenvalue weighted by Crippen LogP contribution is -2.52. The molecule has 2 N–H and O–H groups in total. The second kappa shape index (κ2) is 5.56. The van der Waals surface area contributed by atoms with Crippen LogP contribution in [0.3, 0.4) is 0 Å². The summed E-state index contributed by atoms with van der Waals surface area (Å²) < 4.78 is 0. The number of aliphatic hydroxyl groups is 1. The molecule has 1 saturated heterocycles. The van der Waals surface area contributed by atoms with Gasteiger partial charge in [-0.1, -0.05) is 6.92 Å². The highest BCUT2D eigenvalue weighted by Gasteiger charge is 2.32. The van der Waals surface area contributed by atoms with Crippen LogP contribution in [0.2, 0.25) is 0 Å². The summed E-state index contributed by atoms with van der Waals surface area (Å²) in [6.45, 7) is 4.37. The van der Waals surface area contributed by atoms with Crippen LogP contribution in [0.1, 0.15) is 26.7 Å². The molecule has 6 nitrogen and oxygen atoms in total. The fourth-order valence-corrected chi connectivity index (χ4v) is 2.19. The van der Waals surface area contributed by atoms with Crippen LogP contribution < -0.4 is 0 Å². The number of aliphatic carboxylic acids is 1. The Hall–Kier alpha value is -1.30. The topological polar surface area (TPSA) is 81.1 Å². The van der Waals surface area contributed by atoms with Crippen molar-refractivity contribution < 1.29 is 19.8 Å². The summed E-state index contributed by atoms with van der Waals surface area (Å²) in [5.41, 5.74) is -0.840. The van der Waals surface area contributed by atoms with Crippen molar-refractivity contribution >= 4 is 12.0 Å². The van der Waals surface area contributed by atoms with E-state index < -0.39 is 17.5 Å². The number of carbonyl (C=O) groups is 2. The van der Waals surface area contributed by atoms with E-state index in [1.54, 1.807) is 25.8 Å². The third-order valence-corrected chi connectivity index (χ3v) is 3.24. The standard InChI is InChI=1S/C12H22N2O4/c1-9(10(15)16)7-13(3)11(17)14-6-4-5-12(2,18)8-14/h9,18H,4-8H2,1-3H3,(H,15,16). The smallest absolute Gasteiger partial charge is 0.319 e. The molecule has 0 aromatic carbocycles. The highest BCUT2D eigenvalue weighted by Crippen LogP contribution is 2.21. The Balaban J connectivity index is 2.55. The van der Waals surface area contributed by atoms with Gasteiger partial charge in [0.15, 0.2) is 0 Å². The van der Waals surface area contributed by atoms with E-state index in [1.165, 1.54) is 4.90 Å². The molecule has 0 spiro atoms. The average Bonchev–Trinajstić information content (AvgIpc) is 2.26. The number of hydrogen-bond donors (Lipinski definition) is 2. The number of β-amino-alcohol motifs (C(OH)–C–C–N with tert-alkyl or cyclic N) is 1. The molecule has 0 aromatic heterocycles. The van der Waals surface area contributed by atoms with Crippen LogP contribution in [0, 0.1) is 5.92 Å². The lowest BCUT2D eigenvalue weighted by molar-refractivity contribution is -0.141. The molecule has 0 radical (unpaired) electrons. The largest absolute Gasteiger partial charge is 0.481 e. The second-order valence-corrected chi connectivity index (χ2v) is 5.42. The second-order valence-electron chi connectivity index (χ2n) is 5.42. The van der Waals surface area contributed by atoms with Gasteiger partial charge in [-0.3, -0.25) is 4.79 Å². The average molecular weight is 258 g/mol. The summed E-state index contributed by atoms with van der Waals surface area (Å²) in [5.74, 6) is -1.51. The van der Waals surface area contributed by atoms with Crippen molar-refractivity contribution in [3.05, 3.63) is 0 Å². The lowest BCUT2D eigenvalue weighted by Gasteiger charge is -2.38. The van der Waals surface area contributed by atoms with E-state index >= 15 is 0 Å². The molecule has 1 rings (SSSR count). The number of carboxylic acids is 1. The molecule has 2 atom stereocenters. The zero-order chi connectivity index (χ0) is 13.9. The monoisotopic (exact) mass is 258 g/mol. The molecule has 1 heterocycles. The maximum absolute atomic E-state index is 12.1. The van der Waals surface area contributed by atoms with Crippen LogP contribution in [0.5, 0.6) is 0 Å². The van der Waals surface area contributed by atoms with Crippen molar-refractivity contribution in [1.29, 1.82) is 0 Å². The Bertz CT molecular complexity index is 330. The van der Waals surface area contributed by atoms with Gasteiger partial charge in [-0.25, -0.2) is 4.79 Å². The SMILES string of the molecule is CC(CN(C)C(=O)N1CCCC(C)(O)C1)C(=O)O. The van der Waals surface area contributed by atoms with Gasteiger partial charge in [-0.2, -0.15) is 0 Å². The lowest BCUT2D eigenvalue weighted by atomic mass is 9.95. The van der Waals surface area contributed by atoms with Crippen molar-refractivity contribution in [2.24, 2.45) is 5.92 Å². The van der Waals surface area contributed by atoms with E-state index in [-0.39, 0.29) is 12.6 Å². The number of carboxylic acid groups (broad SMARTS) is 1. The fraction of sp³-hybridized carbons (Fsp3) is 0.833. The predicted molar refractivity (Wildman–Crippen MR) is 66.3 cm³/mol. The summed E-state index contributed by atoms with van der Waals surface area (Å²) >= 11 is 0. The Kier molecular flexibility index (Phi) is 4.56. The summed E-state index contributed by atoms with van der Waals surface area (Å²) in [6.07, 6.45) is 1.45. The number of likely N-dealkylation sites (tertiary alicyclic amines) is 1. The molecule has 6 heteroatoms. The van der Waals surface area contributed by atoms with E-state index in [0.717, 1.165) is 6.42 Å². The van der Waals surface area contributed by atoms with E-state index in [2.05, 4.69) is 0 Å². The number of piperidine rings is 1. The van der Waals surface area contributed by atoms with E-state index in [0.29, 0.717) is 19.5 Å². The maximum Gasteiger partial charge on any atom is 0.319 e. The van der Waals surface area contributed by atoms with Gasteiger partial charge in [0.1, 0.15) is 0 Å². The van der Waals surface area contributed by atoms with Crippen molar-refractivity contribution in [1.82, 2.24) is 9.80 Å². The van der Waals surface area contributed by atoms with Crippen LogP contribution in [0.25, 0.3) is 0 Å². The predicted octanol–water partition coefficient (Wildman–Crippen LogP) is 0.606. The summed E-state index contributed by atoms with van der Waals surface area (Å²) in [5, 5.41) is 18.8. The zero-order valence-electron chi connectivity index (χ0n) is 11.2. The van der Waals surface area contributed by atoms with Crippen LogP contribution in [-0.2, 0) is 4.79 Å². The molecule has 104 valence electrons. The van der Waals surface area contributed by atoms with E-state index in [4.69, 9.17) is 5.11 Å². The van der Waals surface area contributed by atoms with Gasteiger partial charge in [0.2, 0.25) is 0 Å². The minimum atomic E-state index is -0.916. The number of amides is 2. The minimum Gasteiger partial charge on any atom is -0.481 e. The van der Waals surface area contributed by atoms with Gasteiger partial charge in [0, 0.05) is 20.1 Å². The molecule has 1 aliphatic heterocycles. The molecule has 2 unspecified atom stereocenters. The number of hydrogen-bond acceptors (Lipinski definition) is 3. The Morgan fingerprint density at radius 2 is 2.11 bits per heavy atom. The number of urea groups is 1. The molecule has 1 fully saturated rings. The summed E-state index contributed by atoms with van der Waals surface area (Å²) in [7, 11) is 1.59. The molecule has 0 bridgehead atoms. The van der Waals surface area contributed by atoms with Gasteiger partial charge in [0.25, 0.3) is 0 Å². The maximum atomic E-state index is 12.1. The quantitative estimate of drug-likeness (QED) is 0.777. The Labute approximate surface area is 107 Å². The summed E-state index contributed by atoms with van der Waals surface area (Å²) in [6, 6.07) is -0.219. The Morgan fingerprint density at radius 3 is 2.61 bits per heavy atom. The number of nitrogens with zero attached hydrogens (tertiary/aromatic N) is 2. The third kappa shape index (κ3) is 3.87. The first-order valence-corrected chi connectivity index (χ1v) is 6.18. The normalized spacial score (nSPS) is 25.7. The molecule has 1 aliphatic rings. The number of carbonyl (C=O) groups excluding carboxylic acids is 1. The van der Waals surface area contributed by atoms with Crippen LogP contribution in [0.15, 0.2) is 0 Å². The van der Waals surface area contributed by atoms with Crippen LogP contribution in [-0.4, -0.2) is 64.3 Å². The molecule has 0 aliphatic carbocycles. The van der Waals surface area contributed by atoms with Crippen molar-refractivity contribution in [2.45, 2.75) is 32.3 Å². The zero-order valence-corrected chi connectivity index (χ0v) is 11.2. The van der Waals surface area contributed by atoms with Crippen molar-refractivity contribution in [3.63, 3.8) is 0 Å². The fourth-order valence-electron chi connectivity index (χ4n) is 2.19. The van der Waals surface area contributed by atoms with Gasteiger partial charge in [-0.15, -0.1) is 0 Å². The third-order valence-electron chi connectivity index (χ3n) is 3.24. The molecular formula is C12H22N2O4. The summed E-state index contributed by atoms with van der Waals surface area (Å²) in [4.78, 5) is 25.8. The molecule has 2 amide bonds. The highest BCUT2D eigenvalue weighted by atomic mass is 16.4.